The van der Waals surface area contributed by atoms with Gasteiger partial charge in [0, 0.05) is 5.69 Å². The number of benzene rings is 2. The second-order valence-electron chi connectivity index (χ2n) is 5.34. The number of hydrogen-bond donors (Lipinski definition) is 1. The third-order valence-electron chi connectivity index (χ3n) is 4.10. The maximum absolute atomic E-state index is 5.35. The number of hydrogen-bond acceptors (Lipinski definition) is 4. The highest BCUT2D eigenvalue weighted by molar-refractivity contribution is 7.16. The van der Waals surface area contributed by atoms with Gasteiger partial charge >= 0.3 is 0 Å². The lowest BCUT2D eigenvalue weighted by atomic mass is 10.1. The Labute approximate surface area is 127 Å². The molecule has 0 bridgehead atoms. The van der Waals surface area contributed by atoms with Crippen LogP contribution in [0, 0.1) is 0 Å². The largest absolute Gasteiger partial charge is 0.497 e. The highest BCUT2D eigenvalue weighted by Gasteiger charge is 2.22. The number of nitrogens with one attached hydrogen (secondary N) is 1. The molecule has 1 aromatic heterocycles. The summed E-state index contributed by atoms with van der Waals surface area (Å²) in [5.74, 6) is 0.931. The van der Waals surface area contributed by atoms with E-state index in [4.69, 9.17) is 4.74 Å². The molecule has 1 heterocycles. The van der Waals surface area contributed by atoms with E-state index in [1.807, 2.05) is 11.6 Å². The van der Waals surface area contributed by atoms with Crippen molar-refractivity contribution in [2.75, 3.05) is 12.4 Å². The molecule has 1 aliphatic rings. The molecular weight excluding hydrogens is 280 g/mol. The molecule has 1 N–H and O–H groups in total. The Morgan fingerprint density at radius 2 is 2.19 bits per heavy atom. The van der Waals surface area contributed by atoms with Crippen LogP contribution >= 0.6 is 11.3 Å². The van der Waals surface area contributed by atoms with E-state index in [1.165, 1.54) is 15.8 Å². The van der Waals surface area contributed by atoms with Gasteiger partial charge in [0.1, 0.15) is 5.75 Å². The van der Waals surface area contributed by atoms with Gasteiger partial charge in [-0.3, -0.25) is 0 Å². The summed E-state index contributed by atoms with van der Waals surface area (Å²) < 4.78 is 6.58. The Hall–Kier alpha value is -2.07. The zero-order valence-electron chi connectivity index (χ0n) is 11.8. The predicted molar refractivity (Wildman–Crippen MR) is 87.3 cm³/mol. The fraction of sp³-hybridized carbons (Fsp3) is 0.235. The van der Waals surface area contributed by atoms with Gasteiger partial charge in [0.25, 0.3) is 0 Å². The van der Waals surface area contributed by atoms with Crippen LogP contribution in [0.1, 0.15) is 23.6 Å². The summed E-state index contributed by atoms with van der Waals surface area (Å²) in [4.78, 5) is 4.32. The predicted octanol–water partition coefficient (Wildman–Crippen LogP) is 4.40. The Morgan fingerprint density at radius 1 is 1.24 bits per heavy atom. The van der Waals surface area contributed by atoms with Crippen LogP contribution in [-0.4, -0.2) is 12.1 Å². The number of nitrogens with zero attached hydrogens (tertiary/aromatic N) is 1. The van der Waals surface area contributed by atoms with Crippen molar-refractivity contribution < 1.29 is 4.74 Å². The van der Waals surface area contributed by atoms with Gasteiger partial charge in [0.2, 0.25) is 0 Å². The summed E-state index contributed by atoms with van der Waals surface area (Å²) in [5.41, 5.74) is 6.90. The molecular formula is C17H16N2OS. The number of aromatic nitrogens is 1. The van der Waals surface area contributed by atoms with Crippen LogP contribution in [0.15, 0.2) is 41.9 Å². The minimum atomic E-state index is 0.362. The molecule has 0 radical (unpaired) electrons. The molecule has 0 fully saturated rings. The van der Waals surface area contributed by atoms with E-state index in [1.54, 1.807) is 18.4 Å². The summed E-state index contributed by atoms with van der Waals surface area (Å²) in [6.07, 6.45) is 2.25. The number of thiazole rings is 1. The highest BCUT2D eigenvalue weighted by Crippen LogP contribution is 2.36. The van der Waals surface area contributed by atoms with E-state index in [0.29, 0.717) is 6.04 Å². The Bertz CT molecular complexity index is 796. The first kappa shape index (κ1) is 12.7. The van der Waals surface area contributed by atoms with Crippen LogP contribution in [0.2, 0.25) is 0 Å². The Morgan fingerprint density at radius 3 is 3.10 bits per heavy atom. The fourth-order valence-electron chi connectivity index (χ4n) is 3.00. The maximum atomic E-state index is 5.35. The summed E-state index contributed by atoms with van der Waals surface area (Å²) in [6, 6.07) is 13.1. The standard InChI is InChI=1S/C17H16N2OS/c1-20-13-5-2-11-3-6-15(14(11)9-13)19-12-4-7-16-17(8-12)21-10-18-16/h2,4-5,7-10,15,19H,3,6H2,1H3. The van der Waals surface area contributed by atoms with E-state index in [2.05, 4.69) is 40.6 Å². The number of methoxy groups -OCH3 is 1. The van der Waals surface area contributed by atoms with Crippen LogP contribution in [0.5, 0.6) is 5.75 Å². The summed E-state index contributed by atoms with van der Waals surface area (Å²) >= 11 is 1.68. The first-order valence-electron chi connectivity index (χ1n) is 7.10. The fourth-order valence-corrected chi connectivity index (χ4v) is 3.72. The number of aryl methyl sites for hydroxylation is 1. The van der Waals surface area contributed by atoms with Crippen LogP contribution < -0.4 is 10.1 Å². The normalized spacial score (nSPS) is 16.9. The molecule has 3 nitrogen and oxygen atoms in total. The molecule has 0 aliphatic heterocycles. The average molecular weight is 296 g/mol. The van der Waals surface area contributed by atoms with Crippen LogP contribution in [-0.2, 0) is 6.42 Å². The highest BCUT2D eigenvalue weighted by atomic mass is 32.1. The number of anilines is 1. The molecule has 106 valence electrons. The minimum absolute atomic E-state index is 0.362. The topological polar surface area (TPSA) is 34.1 Å². The van der Waals surface area contributed by atoms with Crippen molar-refractivity contribution in [1.82, 2.24) is 4.98 Å². The monoisotopic (exact) mass is 296 g/mol. The van der Waals surface area contributed by atoms with Crippen molar-refractivity contribution in [1.29, 1.82) is 0 Å². The molecule has 1 atom stereocenters. The van der Waals surface area contributed by atoms with Crippen molar-refractivity contribution in [3.8, 4) is 5.75 Å². The van der Waals surface area contributed by atoms with Crippen molar-refractivity contribution >= 4 is 27.2 Å². The molecule has 4 rings (SSSR count). The van der Waals surface area contributed by atoms with Crippen LogP contribution in [0.3, 0.4) is 0 Å². The number of ether oxygens (including phenoxy) is 1. The summed E-state index contributed by atoms with van der Waals surface area (Å²) in [6.45, 7) is 0. The lowest BCUT2D eigenvalue weighted by Crippen LogP contribution is -2.07. The quantitative estimate of drug-likeness (QED) is 0.777. The van der Waals surface area contributed by atoms with E-state index in [9.17, 15) is 0 Å². The van der Waals surface area contributed by atoms with Crippen molar-refractivity contribution in [2.24, 2.45) is 0 Å². The second kappa shape index (κ2) is 5.04. The SMILES string of the molecule is COc1ccc2c(c1)C(Nc1ccc3ncsc3c1)CC2. The van der Waals surface area contributed by atoms with Gasteiger partial charge in [-0.2, -0.15) is 0 Å². The number of rotatable bonds is 3. The lowest BCUT2D eigenvalue weighted by Gasteiger charge is -2.16. The lowest BCUT2D eigenvalue weighted by molar-refractivity contribution is 0.414. The molecule has 4 heteroatoms. The zero-order valence-corrected chi connectivity index (χ0v) is 12.6. The van der Waals surface area contributed by atoms with Crippen LogP contribution in [0.25, 0.3) is 10.2 Å². The number of fused-ring (bicyclic) bond motifs is 2. The molecule has 1 aliphatic carbocycles. The molecule has 0 saturated carbocycles. The van der Waals surface area contributed by atoms with Crippen molar-refractivity contribution in [3.05, 3.63) is 53.0 Å². The maximum Gasteiger partial charge on any atom is 0.119 e. The van der Waals surface area contributed by atoms with Crippen LogP contribution in [0.4, 0.5) is 5.69 Å². The van der Waals surface area contributed by atoms with Gasteiger partial charge in [-0.1, -0.05) is 6.07 Å². The molecule has 1 unspecified atom stereocenters. The van der Waals surface area contributed by atoms with Gasteiger partial charge in [-0.05, 0) is 54.3 Å². The summed E-state index contributed by atoms with van der Waals surface area (Å²) in [5, 5.41) is 3.65. The van der Waals surface area contributed by atoms with E-state index < -0.39 is 0 Å². The van der Waals surface area contributed by atoms with Gasteiger partial charge < -0.3 is 10.1 Å². The van der Waals surface area contributed by atoms with E-state index >= 15 is 0 Å². The molecule has 0 saturated heterocycles. The third-order valence-corrected chi connectivity index (χ3v) is 4.89. The molecule has 21 heavy (non-hydrogen) atoms. The Kier molecular flexibility index (Phi) is 3.04. The first-order valence-corrected chi connectivity index (χ1v) is 7.98. The second-order valence-corrected chi connectivity index (χ2v) is 6.22. The molecule has 0 amide bonds. The van der Waals surface area contributed by atoms with E-state index in [0.717, 1.165) is 29.8 Å². The van der Waals surface area contributed by atoms with Gasteiger partial charge in [0.05, 0.1) is 28.9 Å². The molecule has 2 aromatic carbocycles. The van der Waals surface area contributed by atoms with Gasteiger partial charge in [-0.15, -0.1) is 11.3 Å². The summed E-state index contributed by atoms with van der Waals surface area (Å²) in [7, 11) is 1.72. The van der Waals surface area contributed by atoms with Gasteiger partial charge in [-0.25, -0.2) is 4.98 Å². The molecule has 3 aromatic rings. The minimum Gasteiger partial charge on any atom is -0.497 e. The zero-order chi connectivity index (χ0) is 14.2. The van der Waals surface area contributed by atoms with Crippen molar-refractivity contribution in [3.63, 3.8) is 0 Å². The smallest absolute Gasteiger partial charge is 0.119 e. The van der Waals surface area contributed by atoms with E-state index in [-0.39, 0.29) is 0 Å². The Balaban J connectivity index is 1.64. The van der Waals surface area contributed by atoms with Gasteiger partial charge in [0.15, 0.2) is 0 Å². The van der Waals surface area contributed by atoms with Crippen molar-refractivity contribution in [2.45, 2.75) is 18.9 Å². The first-order chi connectivity index (χ1) is 10.3. The third kappa shape index (κ3) is 2.25. The average Bonchev–Trinajstić information content (AvgIpc) is 3.13. The molecule has 0 spiro atoms.